The fourth-order valence-corrected chi connectivity index (χ4v) is 7.36. The third-order valence-corrected chi connectivity index (χ3v) is 9.71. The average Bonchev–Trinajstić information content (AvgIpc) is 3.36. The third-order valence-electron chi connectivity index (χ3n) is 7.67. The molecule has 0 spiro atoms. The van der Waals surface area contributed by atoms with E-state index in [1.54, 1.807) is 54.6 Å². The monoisotopic (exact) mass is 634 g/mol. The van der Waals surface area contributed by atoms with Gasteiger partial charge >= 0.3 is 5.97 Å². The number of carboxylic acid groups (broad SMARTS) is 1. The van der Waals surface area contributed by atoms with Crippen molar-refractivity contribution in [3.63, 3.8) is 0 Å². The van der Waals surface area contributed by atoms with E-state index in [1.807, 2.05) is 19.9 Å². The normalized spacial score (nSPS) is 11.4. The molecule has 0 aliphatic heterocycles. The average molecular weight is 635 g/mol. The number of nitriles is 1. The van der Waals surface area contributed by atoms with Crippen LogP contribution in [0.25, 0.3) is 44.4 Å². The number of benzene rings is 5. The number of aromatic nitrogens is 1. The lowest BCUT2D eigenvalue weighted by Gasteiger charge is -2.16. The lowest BCUT2D eigenvalue weighted by molar-refractivity contribution is 0.0697. The molecule has 6 aromatic rings. The molecule has 6 rings (SSSR count). The van der Waals surface area contributed by atoms with Gasteiger partial charge in [-0.3, -0.25) is 0 Å². The minimum Gasteiger partial charge on any atom is -0.478 e. The first-order valence-corrected chi connectivity index (χ1v) is 15.6. The molecule has 6 nitrogen and oxygen atoms in total. The van der Waals surface area contributed by atoms with E-state index >= 15 is 0 Å². The van der Waals surface area contributed by atoms with Crippen LogP contribution >= 0.6 is 11.6 Å². The van der Waals surface area contributed by atoms with Crippen molar-refractivity contribution in [2.24, 2.45) is 0 Å². The number of hydrogen-bond donors (Lipinski definition) is 1. The van der Waals surface area contributed by atoms with Gasteiger partial charge in [0, 0.05) is 32.7 Å². The van der Waals surface area contributed by atoms with Crippen molar-refractivity contribution in [2.45, 2.75) is 18.7 Å². The molecule has 0 unspecified atom stereocenters. The summed E-state index contributed by atoms with van der Waals surface area (Å²) in [4.78, 5) is 11.5. The number of aromatic carboxylic acids is 1. The van der Waals surface area contributed by atoms with Crippen molar-refractivity contribution in [1.82, 2.24) is 3.97 Å². The number of aryl methyl sites for hydroxylation is 2. The Hall–Kier alpha value is -5.23. The first-order valence-electron chi connectivity index (χ1n) is 13.8. The lowest BCUT2D eigenvalue weighted by atomic mass is 9.92. The smallest absolute Gasteiger partial charge is 0.335 e. The molecule has 0 fully saturated rings. The Kier molecular flexibility index (Phi) is 7.53. The molecule has 45 heavy (non-hydrogen) atoms. The fraction of sp³-hybridized carbons (Fsp3) is 0.0556. The maximum Gasteiger partial charge on any atom is 0.335 e. The van der Waals surface area contributed by atoms with E-state index in [9.17, 15) is 28.0 Å². The van der Waals surface area contributed by atoms with Crippen LogP contribution in [-0.4, -0.2) is 23.5 Å². The van der Waals surface area contributed by atoms with Gasteiger partial charge in [0.05, 0.1) is 33.3 Å². The van der Waals surface area contributed by atoms with E-state index in [-0.39, 0.29) is 26.7 Å². The van der Waals surface area contributed by atoms with Gasteiger partial charge in [0.2, 0.25) is 0 Å². The van der Waals surface area contributed by atoms with Gasteiger partial charge < -0.3 is 5.11 Å². The zero-order chi connectivity index (χ0) is 32.0. The molecule has 0 aliphatic rings. The second-order valence-electron chi connectivity index (χ2n) is 10.7. The number of nitrogens with zero attached hydrogens (tertiary/aromatic N) is 2. The van der Waals surface area contributed by atoms with Gasteiger partial charge in [-0.15, -0.1) is 0 Å². The molecular formula is C36H24ClFN2O4S. The summed E-state index contributed by atoms with van der Waals surface area (Å²) in [7, 11) is -4.27. The Morgan fingerprint density at radius 1 is 0.844 bits per heavy atom. The van der Waals surface area contributed by atoms with Crippen molar-refractivity contribution in [1.29, 1.82) is 5.26 Å². The molecule has 0 radical (unpaired) electrons. The first-order chi connectivity index (χ1) is 21.5. The van der Waals surface area contributed by atoms with E-state index in [1.165, 1.54) is 46.4 Å². The van der Waals surface area contributed by atoms with Gasteiger partial charge in [0.15, 0.2) is 0 Å². The van der Waals surface area contributed by atoms with Gasteiger partial charge in [0.1, 0.15) is 5.82 Å². The highest BCUT2D eigenvalue weighted by atomic mass is 35.5. The van der Waals surface area contributed by atoms with E-state index in [0.29, 0.717) is 38.8 Å². The Balaban J connectivity index is 1.74. The Bertz CT molecular complexity index is 2320. The number of rotatable bonds is 6. The summed E-state index contributed by atoms with van der Waals surface area (Å²) < 4.78 is 45.2. The first kappa shape index (κ1) is 29.8. The van der Waals surface area contributed by atoms with Crippen LogP contribution in [0, 0.1) is 31.0 Å². The fourth-order valence-electron chi connectivity index (χ4n) is 5.52. The number of carboxylic acids is 1. The lowest BCUT2D eigenvalue weighted by Crippen LogP contribution is -2.14. The van der Waals surface area contributed by atoms with Crippen molar-refractivity contribution in [2.75, 3.05) is 0 Å². The van der Waals surface area contributed by atoms with Crippen LogP contribution in [0.3, 0.4) is 0 Å². The molecule has 0 atom stereocenters. The number of halogens is 2. The summed E-state index contributed by atoms with van der Waals surface area (Å²) >= 11 is 6.52. The molecule has 1 aromatic heterocycles. The maximum atomic E-state index is 14.9. The van der Waals surface area contributed by atoms with Crippen molar-refractivity contribution >= 4 is 38.5 Å². The van der Waals surface area contributed by atoms with Crippen LogP contribution < -0.4 is 0 Å². The molecule has 5 aromatic carbocycles. The van der Waals surface area contributed by atoms with Crippen LogP contribution in [0.1, 0.15) is 27.0 Å². The topological polar surface area (TPSA) is 100 Å². The van der Waals surface area contributed by atoms with E-state index in [4.69, 9.17) is 11.6 Å². The Morgan fingerprint density at radius 2 is 1.53 bits per heavy atom. The SMILES string of the molecule is Cc1ccc(S(=O)(=O)n2c(-c3cccc(-c4ccc(C(=O)O)cc4Cl)c3)c(-c3ccc(C)cc3C#N)c3cc(F)ccc32)cc1. The van der Waals surface area contributed by atoms with E-state index < -0.39 is 21.8 Å². The van der Waals surface area contributed by atoms with Gasteiger partial charge in [-0.25, -0.2) is 21.6 Å². The highest BCUT2D eigenvalue weighted by molar-refractivity contribution is 7.90. The zero-order valence-electron chi connectivity index (χ0n) is 24.0. The van der Waals surface area contributed by atoms with Crippen molar-refractivity contribution in [3.05, 3.63) is 136 Å². The molecule has 0 saturated heterocycles. The van der Waals surface area contributed by atoms with Gasteiger partial charge in [-0.2, -0.15) is 5.26 Å². The summed E-state index contributed by atoms with van der Waals surface area (Å²) in [5, 5.41) is 20.1. The van der Waals surface area contributed by atoms with E-state index in [2.05, 4.69) is 6.07 Å². The molecule has 222 valence electrons. The number of hydrogen-bond acceptors (Lipinski definition) is 4. The summed E-state index contributed by atoms with van der Waals surface area (Å²) in [6.07, 6.45) is 0. The van der Waals surface area contributed by atoms with Crippen LogP contribution in [0.15, 0.2) is 108 Å². The molecule has 0 saturated carbocycles. The van der Waals surface area contributed by atoms with Crippen LogP contribution in [0.4, 0.5) is 4.39 Å². The van der Waals surface area contributed by atoms with Gasteiger partial charge in [-0.05, 0) is 79.6 Å². The number of carbonyl (C=O) groups is 1. The van der Waals surface area contributed by atoms with Crippen molar-refractivity contribution in [3.8, 4) is 39.6 Å². The zero-order valence-corrected chi connectivity index (χ0v) is 25.6. The predicted molar refractivity (Wildman–Crippen MR) is 173 cm³/mol. The highest BCUT2D eigenvalue weighted by Gasteiger charge is 2.30. The molecule has 0 bridgehead atoms. The quantitative estimate of drug-likeness (QED) is 0.197. The molecule has 0 amide bonds. The third kappa shape index (κ3) is 5.27. The summed E-state index contributed by atoms with van der Waals surface area (Å²) in [5.41, 5.74) is 4.92. The minimum atomic E-state index is -4.27. The van der Waals surface area contributed by atoms with E-state index in [0.717, 1.165) is 11.1 Å². The molecule has 1 heterocycles. The standard InChI is InChI=1S/C36H24ClFN2O4S/c1-21-6-11-28(12-7-21)45(43,44)40-33-15-10-27(38)19-31(33)34(30-13-8-22(2)16-26(30)20-39)35(40)24-5-3-4-23(17-24)29-14-9-25(36(41)42)18-32(29)37/h3-19H,1-2H3,(H,41,42). The second kappa shape index (κ2) is 11.4. The van der Waals surface area contributed by atoms with Gasteiger partial charge in [0.25, 0.3) is 10.0 Å². The summed E-state index contributed by atoms with van der Waals surface area (Å²) in [6, 6.07) is 29.2. The molecular weight excluding hydrogens is 611 g/mol. The molecule has 1 N–H and O–H groups in total. The highest BCUT2D eigenvalue weighted by Crippen LogP contribution is 2.45. The summed E-state index contributed by atoms with van der Waals surface area (Å²) in [6.45, 7) is 3.70. The Labute approximate surface area is 264 Å². The number of fused-ring (bicyclic) bond motifs is 1. The van der Waals surface area contributed by atoms with Crippen LogP contribution in [0.2, 0.25) is 5.02 Å². The Morgan fingerprint density at radius 3 is 2.22 bits per heavy atom. The largest absolute Gasteiger partial charge is 0.478 e. The van der Waals surface area contributed by atoms with Crippen molar-refractivity contribution < 1.29 is 22.7 Å². The maximum absolute atomic E-state index is 14.9. The molecule has 9 heteroatoms. The van der Waals surface area contributed by atoms with Crippen LogP contribution in [-0.2, 0) is 10.0 Å². The molecule has 0 aliphatic carbocycles. The van der Waals surface area contributed by atoms with Crippen LogP contribution in [0.5, 0.6) is 0 Å². The predicted octanol–water partition coefficient (Wildman–Crippen LogP) is 8.86. The van der Waals surface area contributed by atoms with Gasteiger partial charge in [-0.1, -0.05) is 65.7 Å². The summed E-state index contributed by atoms with van der Waals surface area (Å²) in [5.74, 6) is -1.68. The minimum absolute atomic E-state index is 0.0249. The second-order valence-corrected chi connectivity index (χ2v) is 12.9.